The van der Waals surface area contributed by atoms with Crippen molar-refractivity contribution in [2.75, 3.05) is 6.61 Å². The zero-order valence-corrected chi connectivity index (χ0v) is 10.7. The molecule has 0 bridgehead atoms. The number of fused-ring (bicyclic) bond motifs is 1. The molecule has 0 aliphatic carbocycles. The van der Waals surface area contributed by atoms with E-state index in [1.54, 1.807) is 0 Å². The molecule has 0 amide bonds. The smallest absolute Gasteiger partial charge is 0.131 e. The highest BCUT2D eigenvalue weighted by Gasteiger charge is 2.28. The van der Waals surface area contributed by atoms with Gasteiger partial charge in [0.2, 0.25) is 0 Å². The van der Waals surface area contributed by atoms with Crippen molar-refractivity contribution in [2.24, 2.45) is 5.92 Å². The van der Waals surface area contributed by atoms with Crippen LogP contribution in [0, 0.1) is 17.6 Å². The second kappa shape index (κ2) is 5.21. The van der Waals surface area contributed by atoms with Gasteiger partial charge in [-0.25, -0.2) is 8.78 Å². The molecule has 0 saturated heterocycles. The molecule has 0 radical (unpaired) electrons. The average molecular weight is 276 g/mol. The first-order valence-corrected chi connectivity index (χ1v) is 6.49. The van der Waals surface area contributed by atoms with Crippen molar-refractivity contribution in [3.8, 4) is 5.75 Å². The first kappa shape index (κ1) is 13.1. The van der Waals surface area contributed by atoms with Crippen LogP contribution in [-0.2, 0) is 6.42 Å². The molecule has 2 aromatic rings. The molecular formula is C16H14F2O2. The summed E-state index contributed by atoms with van der Waals surface area (Å²) in [6, 6.07) is 10.8. The van der Waals surface area contributed by atoms with Gasteiger partial charge in [-0.2, -0.15) is 0 Å². The molecule has 4 heteroatoms. The Labute approximate surface area is 115 Å². The molecule has 2 aromatic carbocycles. The summed E-state index contributed by atoms with van der Waals surface area (Å²) in [4.78, 5) is 0. The Morgan fingerprint density at radius 2 is 1.95 bits per heavy atom. The zero-order valence-electron chi connectivity index (χ0n) is 10.7. The molecule has 2 nitrogen and oxygen atoms in total. The highest BCUT2D eigenvalue weighted by Crippen LogP contribution is 2.34. The molecule has 1 heterocycles. The Balaban J connectivity index is 1.84. The van der Waals surface area contributed by atoms with E-state index in [0.717, 1.165) is 23.4 Å². The molecule has 0 spiro atoms. The quantitative estimate of drug-likeness (QED) is 0.912. The maximum atomic E-state index is 13.7. The third kappa shape index (κ3) is 2.39. The van der Waals surface area contributed by atoms with Gasteiger partial charge in [0, 0.05) is 17.5 Å². The summed E-state index contributed by atoms with van der Waals surface area (Å²) in [7, 11) is 0. The number of para-hydroxylation sites is 1. The molecule has 0 saturated carbocycles. The third-order valence-corrected chi connectivity index (χ3v) is 3.64. The Bertz CT molecular complexity index is 628. The predicted molar refractivity (Wildman–Crippen MR) is 70.4 cm³/mol. The van der Waals surface area contributed by atoms with Gasteiger partial charge >= 0.3 is 0 Å². The van der Waals surface area contributed by atoms with E-state index in [2.05, 4.69) is 0 Å². The van der Waals surface area contributed by atoms with Crippen molar-refractivity contribution in [3.63, 3.8) is 0 Å². The Morgan fingerprint density at radius 3 is 2.75 bits per heavy atom. The number of rotatable bonds is 2. The Hall–Kier alpha value is -1.94. The van der Waals surface area contributed by atoms with Crippen LogP contribution in [0.2, 0.25) is 0 Å². The summed E-state index contributed by atoms with van der Waals surface area (Å²) >= 11 is 0. The van der Waals surface area contributed by atoms with Gasteiger partial charge in [-0.05, 0) is 24.1 Å². The van der Waals surface area contributed by atoms with Crippen LogP contribution < -0.4 is 4.74 Å². The lowest BCUT2D eigenvalue weighted by molar-refractivity contribution is 0.0618. The molecule has 0 fully saturated rings. The molecule has 2 unspecified atom stereocenters. The normalized spacial score (nSPS) is 19.1. The van der Waals surface area contributed by atoms with E-state index in [-0.39, 0.29) is 11.5 Å². The minimum Gasteiger partial charge on any atom is -0.493 e. The van der Waals surface area contributed by atoms with E-state index in [1.165, 1.54) is 6.07 Å². The van der Waals surface area contributed by atoms with Crippen molar-refractivity contribution < 1.29 is 18.6 Å². The fourth-order valence-electron chi connectivity index (χ4n) is 2.55. The average Bonchev–Trinajstić information content (AvgIpc) is 2.46. The monoisotopic (exact) mass is 276 g/mol. The first-order chi connectivity index (χ1) is 9.65. The number of aliphatic hydroxyl groups excluding tert-OH is 1. The van der Waals surface area contributed by atoms with Gasteiger partial charge in [0.15, 0.2) is 0 Å². The summed E-state index contributed by atoms with van der Waals surface area (Å²) < 4.78 is 32.2. The lowest BCUT2D eigenvalue weighted by Crippen LogP contribution is -2.27. The molecular weight excluding hydrogens is 262 g/mol. The van der Waals surface area contributed by atoms with Crippen LogP contribution in [0.25, 0.3) is 0 Å². The van der Waals surface area contributed by atoms with Gasteiger partial charge in [0.1, 0.15) is 17.4 Å². The van der Waals surface area contributed by atoms with E-state index in [4.69, 9.17) is 4.74 Å². The maximum absolute atomic E-state index is 13.7. The minimum atomic E-state index is -1.01. The third-order valence-electron chi connectivity index (χ3n) is 3.64. The number of hydrogen-bond donors (Lipinski definition) is 1. The topological polar surface area (TPSA) is 29.5 Å². The van der Waals surface area contributed by atoms with Crippen LogP contribution in [0.4, 0.5) is 8.78 Å². The number of benzene rings is 2. The second-order valence-corrected chi connectivity index (χ2v) is 4.99. The van der Waals surface area contributed by atoms with Gasteiger partial charge in [0.05, 0.1) is 12.7 Å². The maximum Gasteiger partial charge on any atom is 0.131 e. The summed E-state index contributed by atoms with van der Waals surface area (Å²) in [6.07, 6.45) is -0.405. The van der Waals surface area contributed by atoms with Crippen LogP contribution in [0.5, 0.6) is 5.75 Å². The standard InChI is InChI=1S/C16H14F2O2/c17-12-5-6-13(14(18)8-12)16(19)11-7-10-3-1-2-4-15(10)20-9-11/h1-6,8,11,16,19H,7,9H2. The molecule has 20 heavy (non-hydrogen) atoms. The lowest BCUT2D eigenvalue weighted by atomic mass is 9.88. The van der Waals surface area contributed by atoms with Gasteiger partial charge in [-0.15, -0.1) is 0 Å². The lowest BCUT2D eigenvalue weighted by Gasteiger charge is -2.29. The Morgan fingerprint density at radius 1 is 1.15 bits per heavy atom. The fourth-order valence-corrected chi connectivity index (χ4v) is 2.55. The minimum absolute atomic E-state index is 0.111. The molecule has 2 atom stereocenters. The first-order valence-electron chi connectivity index (χ1n) is 6.49. The van der Waals surface area contributed by atoms with Crippen molar-refractivity contribution in [3.05, 3.63) is 65.2 Å². The molecule has 1 aliphatic heterocycles. The fraction of sp³-hybridized carbons (Fsp3) is 0.250. The molecule has 1 aliphatic rings. The molecule has 3 rings (SSSR count). The molecule has 0 aromatic heterocycles. The van der Waals surface area contributed by atoms with Crippen molar-refractivity contribution in [1.29, 1.82) is 0 Å². The zero-order chi connectivity index (χ0) is 14.1. The number of ether oxygens (including phenoxy) is 1. The van der Waals surface area contributed by atoms with Gasteiger partial charge < -0.3 is 9.84 Å². The number of halogens is 2. The summed E-state index contributed by atoms with van der Waals surface area (Å²) in [6.45, 7) is 0.314. The van der Waals surface area contributed by atoms with E-state index < -0.39 is 17.7 Å². The number of aliphatic hydroxyl groups is 1. The van der Waals surface area contributed by atoms with E-state index in [0.29, 0.717) is 13.0 Å². The van der Waals surface area contributed by atoms with Crippen LogP contribution in [0.1, 0.15) is 17.2 Å². The van der Waals surface area contributed by atoms with Crippen LogP contribution in [0.3, 0.4) is 0 Å². The highest BCUT2D eigenvalue weighted by atomic mass is 19.1. The number of hydrogen-bond acceptors (Lipinski definition) is 2. The largest absolute Gasteiger partial charge is 0.493 e. The van der Waals surface area contributed by atoms with E-state index in [1.807, 2.05) is 24.3 Å². The van der Waals surface area contributed by atoms with Crippen LogP contribution in [-0.4, -0.2) is 11.7 Å². The van der Waals surface area contributed by atoms with Gasteiger partial charge in [0.25, 0.3) is 0 Å². The predicted octanol–water partition coefficient (Wildman–Crippen LogP) is 3.25. The van der Waals surface area contributed by atoms with Crippen molar-refractivity contribution in [2.45, 2.75) is 12.5 Å². The van der Waals surface area contributed by atoms with Gasteiger partial charge in [-0.1, -0.05) is 24.3 Å². The molecule has 1 N–H and O–H groups in total. The van der Waals surface area contributed by atoms with Crippen LogP contribution >= 0.6 is 0 Å². The van der Waals surface area contributed by atoms with E-state index >= 15 is 0 Å². The molecule has 104 valence electrons. The van der Waals surface area contributed by atoms with Crippen LogP contribution in [0.15, 0.2) is 42.5 Å². The van der Waals surface area contributed by atoms with Crippen molar-refractivity contribution in [1.82, 2.24) is 0 Å². The van der Waals surface area contributed by atoms with E-state index in [9.17, 15) is 13.9 Å². The Kier molecular flexibility index (Phi) is 3.40. The SMILES string of the molecule is OC(c1ccc(F)cc1F)C1COc2ccccc2C1. The second-order valence-electron chi connectivity index (χ2n) is 4.99. The highest BCUT2D eigenvalue weighted by molar-refractivity contribution is 5.35. The van der Waals surface area contributed by atoms with Crippen molar-refractivity contribution >= 4 is 0 Å². The van der Waals surface area contributed by atoms with Gasteiger partial charge in [-0.3, -0.25) is 0 Å². The summed E-state index contributed by atoms with van der Waals surface area (Å²) in [5.74, 6) is -0.819. The summed E-state index contributed by atoms with van der Waals surface area (Å²) in [5, 5.41) is 10.3. The summed E-state index contributed by atoms with van der Waals surface area (Å²) in [5.41, 5.74) is 1.10.